The van der Waals surface area contributed by atoms with Gasteiger partial charge >= 0.3 is 0 Å². The van der Waals surface area contributed by atoms with Crippen molar-refractivity contribution in [1.82, 2.24) is 25.4 Å². The molecular weight excluding hydrogens is 316 g/mol. The van der Waals surface area contributed by atoms with Crippen molar-refractivity contribution in [3.63, 3.8) is 0 Å². The first-order chi connectivity index (χ1) is 12.2. The van der Waals surface area contributed by atoms with Gasteiger partial charge in [0.05, 0.1) is 0 Å². The summed E-state index contributed by atoms with van der Waals surface area (Å²) < 4.78 is 7.46. The number of hydrogen-bond donors (Lipinski definition) is 2. The average Bonchev–Trinajstić information content (AvgIpc) is 2.97. The van der Waals surface area contributed by atoms with Crippen molar-refractivity contribution < 1.29 is 4.74 Å². The van der Waals surface area contributed by atoms with E-state index in [1.54, 1.807) is 0 Å². The van der Waals surface area contributed by atoms with Crippen LogP contribution in [0.4, 0.5) is 0 Å². The van der Waals surface area contributed by atoms with Gasteiger partial charge in [0.1, 0.15) is 12.4 Å². The van der Waals surface area contributed by atoms with E-state index >= 15 is 0 Å². The number of guanidine groups is 1. The van der Waals surface area contributed by atoms with Gasteiger partial charge in [-0.1, -0.05) is 19.3 Å². The molecule has 0 amide bonds. The van der Waals surface area contributed by atoms with Crippen LogP contribution >= 0.6 is 0 Å². The molecule has 3 rings (SSSR count). The second-order valence-corrected chi connectivity index (χ2v) is 7.30. The third kappa shape index (κ3) is 5.42. The highest BCUT2D eigenvalue weighted by Crippen LogP contribution is 2.17. The molecule has 1 aromatic heterocycles. The van der Waals surface area contributed by atoms with Crippen LogP contribution in [0.2, 0.25) is 0 Å². The largest absolute Gasteiger partial charge is 0.381 e. The van der Waals surface area contributed by atoms with Crippen LogP contribution in [0.5, 0.6) is 0 Å². The highest BCUT2D eigenvalue weighted by Gasteiger charge is 2.17. The molecule has 1 aromatic rings. The predicted octanol–water partition coefficient (Wildman–Crippen LogP) is 1.92. The summed E-state index contributed by atoms with van der Waals surface area (Å²) in [7, 11) is 1.99. The Morgan fingerprint density at radius 2 is 1.92 bits per heavy atom. The number of nitrogens with zero attached hydrogens (tertiary/aromatic N) is 4. The van der Waals surface area contributed by atoms with E-state index < -0.39 is 0 Å². The Labute approximate surface area is 150 Å². The summed E-state index contributed by atoms with van der Waals surface area (Å²) in [6.07, 6.45) is 8.72. The molecule has 0 bridgehead atoms. The van der Waals surface area contributed by atoms with E-state index in [4.69, 9.17) is 9.73 Å². The lowest BCUT2D eigenvalue weighted by molar-refractivity contribution is 0.0675. The van der Waals surface area contributed by atoms with E-state index in [1.807, 2.05) is 18.5 Å². The Balaban J connectivity index is 1.59. The van der Waals surface area contributed by atoms with Gasteiger partial charge in [-0.2, -0.15) is 0 Å². The Morgan fingerprint density at radius 1 is 1.16 bits per heavy atom. The average molecular weight is 348 g/mol. The molecule has 140 valence electrons. The van der Waals surface area contributed by atoms with Crippen molar-refractivity contribution in [2.24, 2.45) is 18.0 Å². The van der Waals surface area contributed by atoms with Gasteiger partial charge in [0.2, 0.25) is 0 Å². The summed E-state index contributed by atoms with van der Waals surface area (Å²) in [5.74, 6) is 3.40. The van der Waals surface area contributed by atoms with E-state index in [-0.39, 0.29) is 0 Å². The normalized spacial score (nSPS) is 20.6. The van der Waals surface area contributed by atoms with Gasteiger partial charge in [0, 0.05) is 32.8 Å². The highest BCUT2D eigenvalue weighted by atomic mass is 16.5. The molecule has 0 aromatic carbocycles. The second-order valence-electron chi connectivity index (χ2n) is 7.30. The van der Waals surface area contributed by atoms with E-state index in [2.05, 4.69) is 20.8 Å². The minimum Gasteiger partial charge on any atom is -0.381 e. The summed E-state index contributed by atoms with van der Waals surface area (Å²) >= 11 is 0. The summed E-state index contributed by atoms with van der Waals surface area (Å²) in [5.41, 5.74) is 0. The fraction of sp³-hybridized carbons (Fsp3) is 0.833. The second kappa shape index (κ2) is 9.17. The molecule has 2 N–H and O–H groups in total. The number of ether oxygens (including phenoxy) is 1. The van der Waals surface area contributed by atoms with Crippen molar-refractivity contribution in [3.05, 3.63) is 11.6 Å². The molecular formula is C18H32N6O. The maximum absolute atomic E-state index is 5.46. The fourth-order valence-corrected chi connectivity index (χ4v) is 3.52. The van der Waals surface area contributed by atoms with E-state index in [0.29, 0.717) is 18.5 Å². The molecule has 0 unspecified atom stereocenters. The number of aromatic nitrogens is 3. The molecule has 25 heavy (non-hydrogen) atoms. The number of hydrogen-bond acceptors (Lipinski definition) is 4. The molecule has 2 aliphatic rings. The standard InChI is InChI=1S/C18H32N6O/c1-14-22-23-17(24(14)2)13-20-18(21-16-6-4-3-5-7-16)19-12-15-8-10-25-11-9-15/h15-16H,3-13H2,1-2H3,(H2,19,20,21). The lowest BCUT2D eigenvalue weighted by atomic mass is 9.96. The zero-order chi connectivity index (χ0) is 17.5. The number of rotatable bonds is 5. The van der Waals surface area contributed by atoms with Gasteiger partial charge in [0.15, 0.2) is 11.8 Å². The van der Waals surface area contributed by atoms with E-state index in [0.717, 1.165) is 50.2 Å². The minimum atomic E-state index is 0.538. The zero-order valence-corrected chi connectivity index (χ0v) is 15.6. The topological polar surface area (TPSA) is 76.4 Å². The summed E-state index contributed by atoms with van der Waals surface area (Å²) in [6.45, 7) is 5.23. The van der Waals surface area contributed by atoms with Gasteiger partial charge in [-0.3, -0.25) is 0 Å². The summed E-state index contributed by atoms with van der Waals surface area (Å²) in [6, 6.07) is 0.538. The van der Waals surface area contributed by atoms with Crippen LogP contribution in [-0.2, 0) is 18.3 Å². The molecule has 7 nitrogen and oxygen atoms in total. The van der Waals surface area contributed by atoms with Crippen molar-refractivity contribution in [3.8, 4) is 0 Å². The molecule has 0 spiro atoms. The SMILES string of the molecule is Cc1nnc(CN=C(NCC2CCOCC2)NC2CCCCC2)n1C. The monoisotopic (exact) mass is 348 g/mol. The lowest BCUT2D eigenvalue weighted by Crippen LogP contribution is -2.46. The molecule has 1 aliphatic carbocycles. The van der Waals surface area contributed by atoms with Crippen molar-refractivity contribution in [2.45, 2.75) is 64.5 Å². The van der Waals surface area contributed by atoms with Crippen LogP contribution in [0, 0.1) is 12.8 Å². The smallest absolute Gasteiger partial charge is 0.191 e. The van der Waals surface area contributed by atoms with Gasteiger partial charge in [-0.25, -0.2) is 4.99 Å². The molecule has 7 heteroatoms. The summed E-state index contributed by atoms with van der Waals surface area (Å²) in [5, 5.41) is 15.5. The lowest BCUT2D eigenvalue weighted by Gasteiger charge is -2.27. The van der Waals surface area contributed by atoms with Crippen LogP contribution in [0.15, 0.2) is 4.99 Å². The van der Waals surface area contributed by atoms with Gasteiger partial charge in [0.25, 0.3) is 0 Å². The van der Waals surface area contributed by atoms with Crippen LogP contribution in [0.1, 0.15) is 56.6 Å². The van der Waals surface area contributed by atoms with Crippen LogP contribution in [0.25, 0.3) is 0 Å². The fourth-order valence-electron chi connectivity index (χ4n) is 3.52. The van der Waals surface area contributed by atoms with Crippen LogP contribution < -0.4 is 10.6 Å². The zero-order valence-electron chi connectivity index (χ0n) is 15.6. The van der Waals surface area contributed by atoms with Crippen molar-refractivity contribution >= 4 is 5.96 Å². The molecule has 0 atom stereocenters. The Bertz CT molecular complexity index is 558. The number of aryl methyl sites for hydroxylation is 1. The molecule has 1 saturated heterocycles. The summed E-state index contributed by atoms with van der Waals surface area (Å²) in [4.78, 5) is 4.79. The first-order valence-corrected chi connectivity index (χ1v) is 9.70. The first kappa shape index (κ1) is 18.2. The first-order valence-electron chi connectivity index (χ1n) is 9.70. The maximum atomic E-state index is 5.46. The molecule has 2 heterocycles. The van der Waals surface area contributed by atoms with Crippen LogP contribution in [0.3, 0.4) is 0 Å². The Morgan fingerprint density at radius 3 is 2.60 bits per heavy atom. The molecule has 1 saturated carbocycles. The molecule has 2 fully saturated rings. The minimum absolute atomic E-state index is 0.538. The van der Waals surface area contributed by atoms with Crippen LogP contribution in [-0.4, -0.2) is 46.5 Å². The number of aliphatic imine (C=N–C) groups is 1. The third-order valence-electron chi connectivity index (χ3n) is 5.41. The highest BCUT2D eigenvalue weighted by molar-refractivity contribution is 5.80. The third-order valence-corrected chi connectivity index (χ3v) is 5.41. The van der Waals surface area contributed by atoms with Gasteiger partial charge in [-0.15, -0.1) is 10.2 Å². The van der Waals surface area contributed by atoms with E-state index in [9.17, 15) is 0 Å². The predicted molar refractivity (Wildman–Crippen MR) is 98.4 cm³/mol. The Kier molecular flexibility index (Phi) is 6.67. The number of nitrogens with one attached hydrogen (secondary N) is 2. The molecule has 0 radical (unpaired) electrons. The van der Waals surface area contributed by atoms with Gasteiger partial charge in [-0.05, 0) is 38.5 Å². The van der Waals surface area contributed by atoms with E-state index in [1.165, 1.54) is 32.1 Å². The maximum Gasteiger partial charge on any atom is 0.191 e. The Hall–Kier alpha value is -1.63. The van der Waals surface area contributed by atoms with Gasteiger partial charge < -0.3 is 19.9 Å². The molecule has 1 aliphatic heterocycles. The van der Waals surface area contributed by atoms with Crippen molar-refractivity contribution in [2.75, 3.05) is 19.8 Å². The quantitative estimate of drug-likeness (QED) is 0.628. The van der Waals surface area contributed by atoms with Crippen molar-refractivity contribution in [1.29, 1.82) is 0 Å².